The number of rotatable bonds is 5. The van der Waals surface area contributed by atoms with E-state index in [1.54, 1.807) is 0 Å². The average Bonchev–Trinajstić information content (AvgIpc) is 3.39. The van der Waals surface area contributed by atoms with E-state index in [0.717, 1.165) is 63.0 Å². The minimum absolute atomic E-state index is 0.466. The summed E-state index contributed by atoms with van der Waals surface area (Å²) in [5.41, 5.74) is 0. The lowest BCUT2D eigenvalue weighted by Crippen LogP contribution is -2.48. The molecule has 1 fully saturated rings. The summed E-state index contributed by atoms with van der Waals surface area (Å²) in [7, 11) is 0. The molecule has 2 aromatic heterocycles. The van der Waals surface area contributed by atoms with Crippen molar-refractivity contribution in [3.05, 3.63) is 29.2 Å². The van der Waals surface area contributed by atoms with Crippen LogP contribution in [0.3, 0.4) is 0 Å². The van der Waals surface area contributed by atoms with Crippen LogP contribution in [-0.2, 0) is 19.5 Å². The molecule has 2 N–H and O–H groups in total. The number of nitrogens with zero attached hydrogens (tertiary/aromatic N) is 5. The van der Waals surface area contributed by atoms with E-state index >= 15 is 0 Å². The summed E-state index contributed by atoms with van der Waals surface area (Å²) in [6.45, 7) is 6.75. The van der Waals surface area contributed by atoms with E-state index < -0.39 is 0 Å². The maximum Gasteiger partial charge on any atom is 0.191 e. The predicted molar refractivity (Wildman–Crippen MR) is 106 cm³/mol. The predicted octanol–water partition coefficient (Wildman–Crippen LogP) is 2.01. The van der Waals surface area contributed by atoms with Crippen molar-refractivity contribution in [2.45, 2.75) is 51.7 Å². The van der Waals surface area contributed by atoms with Crippen LogP contribution in [-0.4, -0.2) is 46.4 Å². The van der Waals surface area contributed by atoms with E-state index in [2.05, 4.69) is 54.7 Å². The number of piperidine rings is 1. The molecule has 140 valence electrons. The van der Waals surface area contributed by atoms with Gasteiger partial charge in [-0.1, -0.05) is 0 Å². The van der Waals surface area contributed by atoms with E-state index in [1.165, 1.54) is 11.4 Å². The fraction of sp³-hybridized carbons (Fsp3) is 0.611. The molecule has 2 aromatic rings. The number of thiophene rings is 1. The number of guanidine groups is 1. The van der Waals surface area contributed by atoms with Crippen LogP contribution in [0.4, 0.5) is 5.00 Å². The van der Waals surface area contributed by atoms with E-state index in [9.17, 15) is 0 Å². The molecule has 4 heterocycles. The summed E-state index contributed by atoms with van der Waals surface area (Å²) in [4.78, 5) is 7.23. The highest BCUT2D eigenvalue weighted by molar-refractivity contribution is 7.14. The number of anilines is 1. The van der Waals surface area contributed by atoms with Gasteiger partial charge in [-0.3, -0.25) is 0 Å². The van der Waals surface area contributed by atoms with Gasteiger partial charge in [0, 0.05) is 38.6 Å². The first kappa shape index (κ1) is 17.3. The first-order valence-electron chi connectivity index (χ1n) is 9.57. The first-order chi connectivity index (χ1) is 12.8. The summed E-state index contributed by atoms with van der Waals surface area (Å²) in [6, 6.07) is 4.80. The molecular formula is C18H27N7S. The lowest BCUT2D eigenvalue weighted by molar-refractivity contribution is 0.462. The Morgan fingerprint density at radius 3 is 2.96 bits per heavy atom. The lowest BCUT2D eigenvalue weighted by atomic mass is 10.1. The number of fused-ring (bicyclic) bond motifs is 1. The van der Waals surface area contributed by atoms with Gasteiger partial charge >= 0.3 is 0 Å². The maximum absolute atomic E-state index is 4.76. The third-order valence-corrected chi connectivity index (χ3v) is 5.99. The second-order valence-electron chi connectivity index (χ2n) is 6.84. The zero-order valence-electron chi connectivity index (χ0n) is 15.3. The van der Waals surface area contributed by atoms with Crippen LogP contribution in [0.5, 0.6) is 0 Å². The van der Waals surface area contributed by atoms with Gasteiger partial charge in [0.15, 0.2) is 11.8 Å². The van der Waals surface area contributed by atoms with Crippen LogP contribution in [0.25, 0.3) is 0 Å². The molecule has 4 rings (SSSR count). The Balaban J connectivity index is 1.33. The van der Waals surface area contributed by atoms with Crippen LogP contribution >= 0.6 is 11.3 Å². The van der Waals surface area contributed by atoms with E-state index in [0.29, 0.717) is 12.6 Å². The fourth-order valence-electron chi connectivity index (χ4n) is 3.68. The van der Waals surface area contributed by atoms with Crippen molar-refractivity contribution in [2.24, 2.45) is 4.99 Å². The number of aromatic nitrogens is 3. The maximum atomic E-state index is 4.76. The zero-order chi connectivity index (χ0) is 17.8. The van der Waals surface area contributed by atoms with Crippen LogP contribution in [0.2, 0.25) is 0 Å². The van der Waals surface area contributed by atoms with Gasteiger partial charge in [0.1, 0.15) is 12.4 Å². The normalized spacial score (nSPS) is 18.2. The molecular weight excluding hydrogens is 346 g/mol. The standard InChI is InChI=1S/C18H27N7S/c1-2-19-18(20-13-16-23-22-15-5-3-9-25(15)16)21-14-7-10-24(11-8-14)17-6-4-12-26-17/h4,6,12,14H,2-3,5,7-11,13H2,1H3,(H2,19,20,21). The van der Waals surface area contributed by atoms with Gasteiger partial charge in [0.25, 0.3) is 0 Å². The average molecular weight is 374 g/mol. The summed E-state index contributed by atoms with van der Waals surface area (Å²) < 4.78 is 2.21. The van der Waals surface area contributed by atoms with Gasteiger partial charge in [-0.25, -0.2) is 4.99 Å². The third-order valence-electron chi connectivity index (χ3n) is 5.06. The largest absolute Gasteiger partial charge is 0.363 e. The quantitative estimate of drug-likeness (QED) is 0.620. The molecule has 2 aliphatic heterocycles. The van der Waals surface area contributed by atoms with Gasteiger partial charge in [-0.05, 0) is 43.7 Å². The highest BCUT2D eigenvalue weighted by atomic mass is 32.1. The van der Waals surface area contributed by atoms with Crippen molar-refractivity contribution in [3.8, 4) is 0 Å². The minimum atomic E-state index is 0.466. The van der Waals surface area contributed by atoms with E-state index in [-0.39, 0.29) is 0 Å². The molecule has 0 unspecified atom stereocenters. The monoisotopic (exact) mass is 373 g/mol. The Bertz CT molecular complexity index is 729. The molecule has 0 radical (unpaired) electrons. The number of nitrogens with one attached hydrogen (secondary N) is 2. The highest BCUT2D eigenvalue weighted by Gasteiger charge is 2.21. The molecule has 0 saturated carbocycles. The Morgan fingerprint density at radius 2 is 2.19 bits per heavy atom. The second-order valence-corrected chi connectivity index (χ2v) is 7.77. The molecule has 8 heteroatoms. The summed E-state index contributed by atoms with van der Waals surface area (Å²) in [5.74, 6) is 2.97. The smallest absolute Gasteiger partial charge is 0.191 e. The number of aryl methyl sites for hydroxylation is 1. The Kier molecular flexibility index (Phi) is 5.38. The van der Waals surface area contributed by atoms with E-state index in [1.807, 2.05) is 11.3 Å². The van der Waals surface area contributed by atoms with Crippen molar-refractivity contribution >= 4 is 22.3 Å². The fourth-order valence-corrected chi connectivity index (χ4v) is 4.47. The Morgan fingerprint density at radius 1 is 1.31 bits per heavy atom. The van der Waals surface area contributed by atoms with Gasteiger partial charge in [-0.15, -0.1) is 21.5 Å². The number of hydrogen-bond donors (Lipinski definition) is 2. The zero-order valence-corrected chi connectivity index (χ0v) is 16.1. The van der Waals surface area contributed by atoms with Crippen molar-refractivity contribution in [1.29, 1.82) is 0 Å². The van der Waals surface area contributed by atoms with Gasteiger partial charge in [0.2, 0.25) is 0 Å². The summed E-state index contributed by atoms with van der Waals surface area (Å²) in [6.07, 6.45) is 4.46. The van der Waals surface area contributed by atoms with Gasteiger partial charge in [-0.2, -0.15) is 0 Å². The Labute approximate surface area is 158 Å². The van der Waals surface area contributed by atoms with Gasteiger partial charge in [0.05, 0.1) is 5.00 Å². The van der Waals surface area contributed by atoms with E-state index in [4.69, 9.17) is 4.99 Å². The van der Waals surface area contributed by atoms with Crippen molar-refractivity contribution in [1.82, 2.24) is 25.4 Å². The molecule has 26 heavy (non-hydrogen) atoms. The van der Waals surface area contributed by atoms with Crippen LogP contribution in [0, 0.1) is 0 Å². The van der Waals surface area contributed by atoms with Crippen LogP contribution < -0.4 is 15.5 Å². The number of hydrogen-bond acceptors (Lipinski definition) is 5. The molecule has 0 bridgehead atoms. The minimum Gasteiger partial charge on any atom is -0.363 e. The molecule has 0 amide bonds. The SMILES string of the molecule is CCNC(=NCc1nnc2n1CCC2)NC1CCN(c2cccs2)CC1. The van der Waals surface area contributed by atoms with Crippen LogP contribution in [0.15, 0.2) is 22.5 Å². The van der Waals surface area contributed by atoms with Crippen molar-refractivity contribution < 1.29 is 0 Å². The molecule has 7 nitrogen and oxygen atoms in total. The molecule has 1 saturated heterocycles. The van der Waals surface area contributed by atoms with Crippen molar-refractivity contribution in [3.63, 3.8) is 0 Å². The molecule has 0 aromatic carbocycles. The molecule has 0 aliphatic carbocycles. The molecule has 0 atom stereocenters. The summed E-state index contributed by atoms with van der Waals surface area (Å²) in [5, 5.41) is 19.1. The number of aliphatic imine (C=N–C) groups is 1. The topological polar surface area (TPSA) is 70.4 Å². The summed E-state index contributed by atoms with van der Waals surface area (Å²) >= 11 is 1.82. The molecule has 0 spiro atoms. The van der Waals surface area contributed by atoms with Crippen molar-refractivity contribution in [2.75, 3.05) is 24.5 Å². The van der Waals surface area contributed by atoms with Gasteiger partial charge < -0.3 is 20.1 Å². The Hall–Kier alpha value is -2.09. The third kappa shape index (κ3) is 3.85. The molecule has 2 aliphatic rings. The first-order valence-corrected chi connectivity index (χ1v) is 10.5. The van der Waals surface area contributed by atoms with Crippen LogP contribution in [0.1, 0.15) is 37.8 Å². The lowest BCUT2D eigenvalue weighted by Gasteiger charge is -2.33. The highest BCUT2D eigenvalue weighted by Crippen LogP contribution is 2.24. The second kappa shape index (κ2) is 8.07.